The number of para-hydroxylation sites is 1. The molecule has 4 N–H and O–H groups in total. The Hall–Kier alpha value is -5.25. The molecule has 1 aliphatic rings. The van der Waals surface area contributed by atoms with Gasteiger partial charge in [0.05, 0.1) is 24.0 Å². The van der Waals surface area contributed by atoms with E-state index in [4.69, 9.17) is 20.4 Å². The number of methoxy groups -OCH3 is 1. The van der Waals surface area contributed by atoms with E-state index in [1.165, 1.54) is 16.8 Å². The molecule has 5 aromatic rings. The van der Waals surface area contributed by atoms with Crippen LogP contribution in [0.1, 0.15) is 27.8 Å². The average Bonchev–Trinajstić information content (AvgIpc) is 3.69. The van der Waals surface area contributed by atoms with Gasteiger partial charge in [-0.15, -0.1) is 0 Å². The molecule has 1 aliphatic heterocycles. The molecule has 1 fully saturated rings. The summed E-state index contributed by atoms with van der Waals surface area (Å²) >= 11 is 0. The number of carbonyl (C=O) groups excluding carboxylic acids is 2. The fourth-order valence-electron chi connectivity index (χ4n) is 5.35. The molecule has 0 saturated carbocycles. The van der Waals surface area contributed by atoms with Crippen LogP contribution >= 0.6 is 0 Å². The van der Waals surface area contributed by atoms with Crippen LogP contribution in [-0.4, -0.2) is 79.1 Å². The second-order valence-corrected chi connectivity index (χ2v) is 10.5. The predicted octanol–water partition coefficient (Wildman–Crippen LogP) is 2.89. The molecule has 3 amide bonds. The van der Waals surface area contributed by atoms with Crippen LogP contribution in [0.25, 0.3) is 28.1 Å². The number of ether oxygens (including phenoxy) is 1. The summed E-state index contributed by atoms with van der Waals surface area (Å²) in [5, 5.41) is 12.5. The van der Waals surface area contributed by atoms with Crippen LogP contribution in [0.2, 0.25) is 0 Å². The highest BCUT2D eigenvalue weighted by molar-refractivity contribution is 5.94. The standard InChI is InChI=1S/C30H31FN10O4/c1-17-24(19-13-21-28(34-15-19)39(2)29(35-21)26(32)42)38-41(20-7-5-4-6-8-20)27(17)37-30(43)36-22-16-40(11-12-44-3)45-25(22)18-9-10-33-23(31)14-18/h4-10,13-15,22,25H,11-12,16H2,1-3H3,(H2,32,42)(H2,36,37,43)/t22-,25+/m1/s1. The Morgan fingerprint density at radius 1 is 1.18 bits per heavy atom. The van der Waals surface area contributed by atoms with Gasteiger partial charge in [0.25, 0.3) is 5.91 Å². The van der Waals surface area contributed by atoms with E-state index in [9.17, 15) is 14.0 Å². The van der Waals surface area contributed by atoms with Crippen molar-refractivity contribution >= 4 is 28.9 Å². The monoisotopic (exact) mass is 614 g/mol. The number of hydrogen-bond donors (Lipinski definition) is 3. The third-order valence-corrected chi connectivity index (χ3v) is 7.53. The van der Waals surface area contributed by atoms with Gasteiger partial charge in [0.1, 0.15) is 17.4 Å². The summed E-state index contributed by atoms with van der Waals surface area (Å²) < 4.78 is 22.3. The SMILES string of the molecule is COCCN1C[C@@H](NC(=O)Nc2c(C)c(-c3cnc4c(c3)nc(C(N)=O)n4C)nn2-c2ccccc2)[C@H](c2ccnc(F)c2)O1. The van der Waals surface area contributed by atoms with Gasteiger partial charge in [-0.25, -0.2) is 24.4 Å². The minimum Gasteiger partial charge on any atom is -0.383 e. The maximum atomic E-state index is 14.0. The Bertz CT molecular complexity index is 1880. The first-order valence-corrected chi connectivity index (χ1v) is 14.1. The van der Waals surface area contributed by atoms with Crippen molar-refractivity contribution in [3.8, 4) is 16.9 Å². The van der Waals surface area contributed by atoms with Crippen molar-refractivity contribution in [1.29, 1.82) is 0 Å². The van der Waals surface area contributed by atoms with Crippen LogP contribution in [0.4, 0.5) is 15.0 Å². The van der Waals surface area contributed by atoms with Gasteiger partial charge in [0.2, 0.25) is 11.8 Å². The van der Waals surface area contributed by atoms with Crippen molar-refractivity contribution < 1.29 is 23.6 Å². The fourth-order valence-corrected chi connectivity index (χ4v) is 5.35. The van der Waals surface area contributed by atoms with Crippen LogP contribution in [0.5, 0.6) is 0 Å². The number of benzene rings is 1. The lowest BCUT2D eigenvalue weighted by molar-refractivity contribution is -0.154. The zero-order valence-corrected chi connectivity index (χ0v) is 24.8. The van der Waals surface area contributed by atoms with Crippen molar-refractivity contribution in [2.75, 3.05) is 32.1 Å². The van der Waals surface area contributed by atoms with E-state index in [0.29, 0.717) is 64.7 Å². The number of aryl methyl sites for hydroxylation is 1. The van der Waals surface area contributed by atoms with E-state index in [2.05, 4.69) is 25.6 Å². The Morgan fingerprint density at radius 2 is 1.98 bits per heavy atom. The van der Waals surface area contributed by atoms with E-state index in [1.54, 1.807) is 42.2 Å². The number of anilines is 1. The number of hydrogen-bond acceptors (Lipinski definition) is 9. The number of imidazole rings is 1. The van der Waals surface area contributed by atoms with Crippen molar-refractivity contribution in [2.24, 2.45) is 12.8 Å². The van der Waals surface area contributed by atoms with Crippen LogP contribution in [0, 0.1) is 12.9 Å². The van der Waals surface area contributed by atoms with E-state index in [-0.39, 0.29) is 5.82 Å². The maximum Gasteiger partial charge on any atom is 0.320 e. The normalized spacial score (nSPS) is 16.7. The van der Waals surface area contributed by atoms with Gasteiger partial charge in [0, 0.05) is 50.8 Å². The van der Waals surface area contributed by atoms with E-state index in [0.717, 1.165) is 0 Å². The number of pyridine rings is 2. The van der Waals surface area contributed by atoms with Crippen LogP contribution < -0.4 is 16.4 Å². The highest BCUT2D eigenvalue weighted by Gasteiger charge is 2.37. The summed E-state index contributed by atoms with van der Waals surface area (Å²) in [4.78, 5) is 43.9. The van der Waals surface area contributed by atoms with Gasteiger partial charge in [-0.1, -0.05) is 18.2 Å². The highest BCUT2D eigenvalue weighted by Crippen LogP contribution is 2.33. The Kier molecular flexibility index (Phi) is 8.21. The summed E-state index contributed by atoms with van der Waals surface area (Å²) in [5.41, 5.74) is 9.54. The molecule has 0 aliphatic carbocycles. The molecule has 1 aromatic carbocycles. The third kappa shape index (κ3) is 5.95. The lowest BCUT2D eigenvalue weighted by Crippen LogP contribution is -2.42. The van der Waals surface area contributed by atoms with E-state index < -0.39 is 30.0 Å². The first-order chi connectivity index (χ1) is 21.7. The molecule has 2 atom stereocenters. The Labute approximate surface area is 256 Å². The number of nitrogens with one attached hydrogen (secondary N) is 2. The number of halogens is 1. The highest BCUT2D eigenvalue weighted by atomic mass is 19.1. The van der Waals surface area contributed by atoms with Gasteiger partial charge in [-0.2, -0.15) is 14.6 Å². The smallest absolute Gasteiger partial charge is 0.320 e. The molecule has 45 heavy (non-hydrogen) atoms. The molecule has 4 aromatic heterocycles. The number of hydroxylamine groups is 2. The minimum absolute atomic E-state index is 0.0877. The van der Waals surface area contributed by atoms with Crippen molar-refractivity contribution in [1.82, 2.24) is 39.7 Å². The van der Waals surface area contributed by atoms with Crippen molar-refractivity contribution in [3.63, 3.8) is 0 Å². The molecular weight excluding hydrogens is 583 g/mol. The average molecular weight is 615 g/mol. The van der Waals surface area contributed by atoms with Crippen LogP contribution in [0.3, 0.4) is 0 Å². The Morgan fingerprint density at radius 3 is 2.71 bits per heavy atom. The van der Waals surface area contributed by atoms with Gasteiger partial charge >= 0.3 is 6.03 Å². The maximum absolute atomic E-state index is 14.0. The number of nitrogens with zero attached hydrogens (tertiary/aromatic N) is 7. The first kappa shape index (κ1) is 29.8. The largest absolute Gasteiger partial charge is 0.383 e. The zero-order valence-electron chi connectivity index (χ0n) is 24.8. The van der Waals surface area contributed by atoms with Gasteiger partial charge in [-0.05, 0) is 42.8 Å². The van der Waals surface area contributed by atoms with Gasteiger partial charge < -0.3 is 20.4 Å². The van der Waals surface area contributed by atoms with E-state index >= 15 is 0 Å². The zero-order chi connectivity index (χ0) is 31.7. The number of carbonyl (C=O) groups is 2. The molecular formula is C30H31FN10O4. The molecule has 5 heterocycles. The third-order valence-electron chi connectivity index (χ3n) is 7.53. The van der Waals surface area contributed by atoms with Gasteiger partial charge in [-0.3, -0.25) is 14.9 Å². The van der Waals surface area contributed by atoms with Crippen LogP contribution in [0.15, 0.2) is 60.9 Å². The van der Waals surface area contributed by atoms with Crippen LogP contribution in [-0.2, 0) is 16.6 Å². The second-order valence-electron chi connectivity index (χ2n) is 10.5. The number of amides is 3. The topological polar surface area (TPSA) is 167 Å². The summed E-state index contributed by atoms with van der Waals surface area (Å²) in [6.45, 7) is 3.05. The van der Waals surface area contributed by atoms with Crippen molar-refractivity contribution in [3.05, 3.63) is 83.8 Å². The lowest BCUT2D eigenvalue weighted by atomic mass is 10.0. The summed E-state index contributed by atoms with van der Waals surface area (Å²) in [6, 6.07) is 13.0. The van der Waals surface area contributed by atoms with E-state index in [1.807, 2.05) is 37.3 Å². The summed E-state index contributed by atoms with van der Waals surface area (Å²) in [7, 11) is 3.25. The number of nitrogens with two attached hydrogens (primary N) is 1. The molecule has 0 spiro atoms. The minimum atomic E-state index is -0.662. The predicted molar refractivity (Wildman–Crippen MR) is 162 cm³/mol. The first-order valence-electron chi connectivity index (χ1n) is 14.1. The Balaban J connectivity index is 1.32. The molecule has 15 heteroatoms. The molecule has 0 unspecified atom stereocenters. The summed E-state index contributed by atoms with van der Waals surface area (Å²) in [6.07, 6.45) is 2.34. The molecule has 0 bridgehead atoms. The fraction of sp³-hybridized carbons (Fsp3) is 0.267. The summed E-state index contributed by atoms with van der Waals surface area (Å²) in [5.74, 6) is -0.794. The molecule has 6 rings (SSSR count). The number of urea groups is 1. The number of fused-ring (bicyclic) bond motifs is 1. The molecule has 0 radical (unpaired) electrons. The second kappa shape index (κ2) is 12.4. The van der Waals surface area contributed by atoms with Crippen molar-refractivity contribution in [2.45, 2.75) is 19.1 Å². The number of rotatable bonds is 9. The molecule has 232 valence electrons. The number of aromatic nitrogens is 6. The van der Waals surface area contributed by atoms with Gasteiger partial charge in [0.15, 0.2) is 5.65 Å². The quantitative estimate of drug-likeness (QED) is 0.212. The molecule has 1 saturated heterocycles. The number of primary amides is 1. The molecule has 14 nitrogen and oxygen atoms in total. The lowest BCUT2D eigenvalue weighted by Gasteiger charge is -2.19.